The van der Waals surface area contributed by atoms with Gasteiger partial charge in [-0.1, -0.05) is 18.0 Å². The third kappa shape index (κ3) is 5.40. The molecule has 2 aliphatic carbocycles. The summed E-state index contributed by atoms with van der Waals surface area (Å²) >= 11 is 6.00. The molecule has 7 nitrogen and oxygen atoms in total. The molecule has 1 amide bonds. The second-order valence-corrected chi connectivity index (χ2v) is 12.9. The van der Waals surface area contributed by atoms with Gasteiger partial charge in [0, 0.05) is 43.3 Å². The number of piperazine rings is 1. The van der Waals surface area contributed by atoms with Crippen molar-refractivity contribution >= 4 is 27.7 Å². The maximum absolute atomic E-state index is 13.7. The smallest absolute Gasteiger partial charge is 0.410 e. The van der Waals surface area contributed by atoms with Crippen LogP contribution in [0.4, 0.5) is 4.79 Å². The number of rotatable bonds is 7. The summed E-state index contributed by atoms with van der Waals surface area (Å²) in [5.74, 6) is 1.24. The minimum Gasteiger partial charge on any atom is -0.448 e. The van der Waals surface area contributed by atoms with E-state index >= 15 is 0 Å². The molecular weight excluding hydrogens is 474 g/mol. The first-order valence-electron chi connectivity index (χ1n) is 12.8. The number of hydrogen-bond donors (Lipinski definition) is 0. The molecule has 1 unspecified atom stereocenters. The Labute approximate surface area is 208 Å². The van der Waals surface area contributed by atoms with E-state index in [1.54, 1.807) is 28.6 Å². The average molecular weight is 510 g/mol. The summed E-state index contributed by atoms with van der Waals surface area (Å²) in [7, 11) is -3.72. The Morgan fingerprint density at radius 1 is 1.06 bits per heavy atom. The minimum absolute atomic E-state index is 0.0250. The van der Waals surface area contributed by atoms with Gasteiger partial charge in [0.25, 0.3) is 0 Å². The Morgan fingerprint density at radius 2 is 1.79 bits per heavy atom. The lowest BCUT2D eigenvalue weighted by atomic mass is 9.96. The number of sulfonamides is 1. The van der Waals surface area contributed by atoms with Crippen LogP contribution in [0, 0.1) is 11.8 Å². The predicted molar refractivity (Wildman–Crippen MR) is 131 cm³/mol. The molecule has 0 bridgehead atoms. The van der Waals surface area contributed by atoms with Gasteiger partial charge in [-0.05, 0) is 81.5 Å². The van der Waals surface area contributed by atoms with Crippen LogP contribution in [-0.2, 0) is 14.8 Å². The van der Waals surface area contributed by atoms with E-state index in [4.69, 9.17) is 16.3 Å². The van der Waals surface area contributed by atoms with Gasteiger partial charge in [0.2, 0.25) is 10.0 Å². The molecular formula is C25H36ClN3O4S. The van der Waals surface area contributed by atoms with E-state index in [0.717, 1.165) is 51.2 Å². The maximum atomic E-state index is 13.7. The molecule has 188 valence electrons. The van der Waals surface area contributed by atoms with Crippen LogP contribution in [0.2, 0.25) is 5.02 Å². The zero-order valence-corrected chi connectivity index (χ0v) is 21.5. The quantitative estimate of drug-likeness (QED) is 0.550. The Kier molecular flexibility index (Phi) is 7.13. The van der Waals surface area contributed by atoms with E-state index in [9.17, 15) is 13.2 Å². The van der Waals surface area contributed by atoms with Crippen LogP contribution in [0.5, 0.6) is 0 Å². The fourth-order valence-electron chi connectivity index (χ4n) is 5.66. The zero-order chi connectivity index (χ0) is 23.9. The molecule has 0 radical (unpaired) electrons. The highest BCUT2D eigenvalue weighted by atomic mass is 35.5. The van der Waals surface area contributed by atoms with Crippen molar-refractivity contribution in [1.29, 1.82) is 0 Å². The van der Waals surface area contributed by atoms with Crippen LogP contribution >= 0.6 is 11.6 Å². The first-order valence-corrected chi connectivity index (χ1v) is 14.6. The SMILES string of the molecule is CC1CN(CC2CC2)CCN1C(=O)OC[C@H]1CCC[C@@H](C2CC2)N1S(=O)(=O)c1ccc(Cl)cc1. The molecule has 1 aromatic rings. The second-order valence-electron chi connectivity index (χ2n) is 10.6. The molecule has 0 spiro atoms. The van der Waals surface area contributed by atoms with E-state index in [0.29, 0.717) is 23.9 Å². The molecule has 2 aliphatic heterocycles. The predicted octanol–water partition coefficient (Wildman–Crippen LogP) is 4.21. The number of benzene rings is 1. The largest absolute Gasteiger partial charge is 0.448 e. The van der Waals surface area contributed by atoms with Crippen molar-refractivity contribution in [2.75, 3.05) is 32.8 Å². The second kappa shape index (κ2) is 9.96. The number of ether oxygens (including phenoxy) is 1. The molecule has 3 atom stereocenters. The summed E-state index contributed by atoms with van der Waals surface area (Å²) in [6, 6.07) is 6.11. The van der Waals surface area contributed by atoms with Gasteiger partial charge in [-0.2, -0.15) is 4.31 Å². The van der Waals surface area contributed by atoms with E-state index in [2.05, 4.69) is 11.8 Å². The molecule has 4 aliphatic rings. The molecule has 0 N–H and O–H groups in total. The van der Waals surface area contributed by atoms with Crippen molar-refractivity contribution in [3.05, 3.63) is 29.3 Å². The van der Waals surface area contributed by atoms with E-state index < -0.39 is 10.0 Å². The summed E-state index contributed by atoms with van der Waals surface area (Å²) in [5, 5.41) is 0.508. The molecule has 4 fully saturated rings. The highest BCUT2D eigenvalue weighted by Crippen LogP contribution is 2.43. The fraction of sp³-hybridized carbons (Fsp3) is 0.720. The van der Waals surface area contributed by atoms with Gasteiger partial charge >= 0.3 is 6.09 Å². The number of carbonyl (C=O) groups is 1. The Balaban J connectivity index is 1.26. The lowest BCUT2D eigenvalue weighted by Crippen LogP contribution is -2.56. The van der Waals surface area contributed by atoms with Crippen LogP contribution in [0.3, 0.4) is 0 Å². The van der Waals surface area contributed by atoms with Gasteiger partial charge in [0.05, 0.1) is 10.9 Å². The van der Waals surface area contributed by atoms with Crippen LogP contribution in [0.25, 0.3) is 0 Å². The van der Waals surface area contributed by atoms with Crippen molar-refractivity contribution in [3.63, 3.8) is 0 Å². The van der Waals surface area contributed by atoms with Gasteiger partial charge in [0.1, 0.15) is 6.61 Å². The van der Waals surface area contributed by atoms with Crippen LogP contribution in [0.1, 0.15) is 51.9 Å². The highest BCUT2D eigenvalue weighted by molar-refractivity contribution is 7.89. The Morgan fingerprint density at radius 3 is 2.44 bits per heavy atom. The zero-order valence-electron chi connectivity index (χ0n) is 19.9. The topological polar surface area (TPSA) is 70.2 Å². The molecule has 5 rings (SSSR count). The number of hydrogen-bond acceptors (Lipinski definition) is 5. The number of carbonyl (C=O) groups excluding carboxylic acids is 1. The molecule has 2 saturated carbocycles. The van der Waals surface area contributed by atoms with Gasteiger partial charge in [-0.3, -0.25) is 4.90 Å². The Hall–Kier alpha value is -1.35. The molecule has 2 heterocycles. The maximum Gasteiger partial charge on any atom is 0.410 e. The van der Waals surface area contributed by atoms with Crippen molar-refractivity contribution in [2.24, 2.45) is 11.8 Å². The van der Waals surface area contributed by atoms with E-state index in [1.165, 1.54) is 12.8 Å². The summed E-state index contributed by atoms with van der Waals surface area (Å²) in [6.07, 6.45) is 6.97. The standard InChI is InChI=1S/C25H36ClN3O4S/c1-18-15-27(16-19-5-6-19)13-14-28(18)25(30)33-17-22-3-2-4-24(20-7-8-20)29(22)34(31,32)23-11-9-21(26)10-12-23/h9-12,18-20,22,24H,2-8,13-17H2,1H3/t18?,22-,24+/m1/s1. The number of halogens is 1. The average Bonchev–Trinajstić information content (AvgIpc) is 3.72. The molecule has 9 heteroatoms. The Bertz CT molecular complexity index is 980. The number of piperidine rings is 1. The molecule has 1 aromatic carbocycles. The number of nitrogens with zero attached hydrogens (tertiary/aromatic N) is 3. The summed E-state index contributed by atoms with van der Waals surface area (Å²) in [4.78, 5) is 17.5. The molecule has 34 heavy (non-hydrogen) atoms. The van der Waals surface area contributed by atoms with E-state index in [1.807, 2.05) is 4.90 Å². The monoisotopic (exact) mass is 509 g/mol. The van der Waals surface area contributed by atoms with Crippen LogP contribution < -0.4 is 0 Å². The van der Waals surface area contributed by atoms with Gasteiger partial charge in [-0.15, -0.1) is 0 Å². The van der Waals surface area contributed by atoms with Crippen molar-refractivity contribution < 1.29 is 17.9 Å². The fourth-order valence-corrected chi connectivity index (χ4v) is 7.70. The van der Waals surface area contributed by atoms with Crippen molar-refractivity contribution in [3.8, 4) is 0 Å². The highest BCUT2D eigenvalue weighted by Gasteiger charge is 2.46. The summed E-state index contributed by atoms with van der Waals surface area (Å²) < 4.78 is 34.9. The van der Waals surface area contributed by atoms with Crippen molar-refractivity contribution in [1.82, 2.24) is 14.1 Å². The van der Waals surface area contributed by atoms with Gasteiger partial charge in [-0.25, -0.2) is 13.2 Å². The summed E-state index contributed by atoms with van der Waals surface area (Å²) in [6.45, 7) is 5.71. The van der Waals surface area contributed by atoms with Crippen LogP contribution in [-0.4, -0.2) is 79.5 Å². The van der Waals surface area contributed by atoms with E-state index in [-0.39, 0.29) is 35.7 Å². The van der Waals surface area contributed by atoms with Crippen LogP contribution in [0.15, 0.2) is 29.2 Å². The first kappa shape index (κ1) is 24.3. The molecule has 2 saturated heterocycles. The first-order chi connectivity index (χ1) is 16.3. The van der Waals surface area contributed by atoms with Gasteiger partial charge < -0.3 is 9.64 Å². The van der Waals surface area contributed by atoms with Gasteiger partial charge in [0.15, 0.2) is 0 Å². The third-order valence-corrected chi connectivity index (χ3v) is 10.1. The molecule has 0 aromatic heterocycles. The van der Waals surface area contributed by atoms with Crippen molar-refractivity contribution in [2.45, 2.75) is 74.9 Å². The lowest BCUT2D eigenvalue weighted by molar-refractivity contribution is 0.0304. The third-order valence-electron chi connectivity index (χ3n) is 7.84. The summed E-state index contributed by atoms with van der Waals surface area (Å²) in [5.41, 5.74) is 0. The number of amides is 1. The normalized spacial score (nSPS) is 29.2. The lowest BCUT2D eigenvalue weighted by Gasteiger charge is -2.42. The minimum atomic E-state index is -3.72.